The summed E-state index contributed by atoms with van der Waals surface area (Å²) in [6.45, 7) is 2.20. The smallest absolute Gasteiger partial charge is 0.268 e. The van der Waals surface area contributed by atoms with Crippen molar-refractivity contribution in [2.45, 2.75) is 64.7 Å². The van der Waals surface area contributed by atoms with Crippen LogP contribution in [0.2, 0.25) is 0 Å². The van der Waals surface area contributed by atoms with Crippen molar-refractivity contribution in [1.29, 1.82) is 5.26 Å². The zero-order chi connectivity index (χ0) is 14.1. The Morgan fingerprint density at radius 2 is 1.74 bits per heavy atom. The number of nitriles is 1. The first-order valence-corrected chi connectivity index (χ1v) is 7.15. The Bertz CT molecular complexity index is 405. The number of nitrogens with zero attached hydrogens (tertiary/aromatic N) is 1. The van der Waals surface area contributed by atoms with E-state index in [0.29, 0.717) is 12.0 Å². The quantitative estimate of drug-likeness (QED) is 0.540. The van der Waals surface area contributed by atoms with Crippen LogP contribution in [0.25, 0.3) is 0 Å². The fraction of sp³-hybridized carbons (Fsp3) is 0.667. The third kappa shape index (κ3) is 5.25. The molecule has 104 valence electrons. The predicted octanol–water partition coefficient (Wildman–Crippen LogP) is 2.99. The zero-order valence-electron chi connectivity index (χ0n) is 11.6. The zero-order valence-corrected chi connectivity index (χ0v) is 11.6. The Balaban J connectivity index is 2.32. The maximum Gasteiger partial charge on any atom is 0.268 e. The summed E-state index contributed by atoms with van der Waals surface area (Å²) in [5.41, 5.74) is 0.857. The number of amides is 2. The van der Waals surface area contributed by atoms with Gasteiger partial charge in [-0.15, -0.1) is 0 Å². The Labute approximate surface area is 114 Å². The van der Waals surface area contributed by atoms with E-state index in [2.05, 4.69) is 12.2 Å². The van der Waals surface area contributed by atoms with Gasteiger partial charge >= 0.3 is 0 Å². The molecule has 0 aliphatic carbocycles. The van der Waals surface area contributed by atoms with Gasteiger partial charge in [0.15, 0.2) is 0 Å². The van der Waals surface area contributed by atoms with Crippen LogP contribution in [0.3, 0.4) is 0 Å². The van der Waals surface area contributed by atoms with E-state index >= 15 is 0 Å². The number of imide groups is 1. The molecule has 0 saturated heterocycles. The third-order valence-electron chi connectivity index (χ3n) is 3.40. The summed E-state index contributed by atoms with van der Waals surface area (Å²) in [4.78, 5) is 22.7. The molecule has 0 bridgehead atoms. The summed E-state index contributed by atoms with van der Waals surface area (Å²) < 4.78 is 0. The second-order valence-corrected chi connectivity index (χ2v) is 5.02. The van der Waals surface area contributed by atoms with Gasteiger partial charge in [-0.1, -0.05) is 45.4 Å². The summed E-state index contributed by atoms with van der Waals surface area (Å²) in [5, 5.41) is 11.1. The lowest BCUT2D eigenvalue weighted by molar-refractivity contribution is -0.128. The van der Waals surface area contributed by atoms with Gasteiger partial charge in [0.25, 0.3) is 5.91 Å². The molecule has 0 aromatic heterocycles. The lowest BCUT2D eigenvalue weighted by Crippen LogP contribution is -2.36. The molecular weight excluding hydrogens is 240 g/mol. The number of carbonyl (C=O) groups excluding carboxylic acids is 2. The van der Waals surface area contributed by atoms with E-state index in [-0.39, 0.29) is 17.9 Å². The van der Waals surface area contributed by atoms with E-state index < -0.39 is 5.91 Å². The summed E-state index contributed by atoms with van der Waals surface area (Å²) in [5.74, 6) is -0.821. The van der Waals surface area contributed by atoms with Crippen molar-refractivity contribution in [2.24, 2.45) is 0 Å². The van der Waals surface area contributed by atoms with Crippen LogP contribution in [0.5, 0.6) is 0 Å². The molecule has 1 rings (SSSR count). The van der Waals surface area contributed by atoms with Crippen LogP contribution < -0.4 is 5.32 Å². The minimum absolute atomic E-state index is 0.144. The summed E-state index contributed by atoms with van der Waals surface area (Å²) in [6, 6.07) is 1.91. The van der Waals surface area contributed by atoms with Crippen LogP contribution >= 0.6 is 0 Å². The number of nitrogens with one attached hydrogen (secondary N) is 1. The lowest BCUT2D eigenvalue weighted by atomic mass is 9.95. The van der Waals surface area contributed by atoms with Gasteiger partial charge < -0.3 is 0 Å². The maximum atomic E-state index is 11.4. The van der Waals surface area contributed by atoms with Crippen LogP contribution in [0.1, 0.15) is 64.7 Å². The molecule has 0 aromatic rings. The number of hydrogen-bond donors (Lipinski definition) is 1. The Kier molecular flexibility index (Phi) is 6.88. The summed E-state index contributed by atoms with van der Waals surface area (Å²) >= 11 is 0. The fourth-order valence-electron chi connectivity index (χ4n) is 2.31. The minimum atomic E-state index is -0.531. The molecule has 19 heavy (non-hydrogen) atoms. The van der Waals surface area contributed by atoms with Crippen LogP contribution in [-0.4, -0.2) is 11.8 Å². The van der Waals surface area contributed by atoms with Crippen molar-refractivity contribution >= 4 is 11.8 Å². The fourth-order valence-corrected chi connectivity index (χ4v) is 2.31. The van der Waals surface area contributed by atoms with Gasteiger partial charge in [-0.05, 0) is 18.4 Å². The van der Waals surface area contributed by atoms with E-state index in [1.54, 1.807) is 0 Å². The molecule has 1 aliphatic rings. The van der Waals surface area contributed by atoms with Crippen molar-refractivity contribution in [3.8, 4) is 6.07 Å². The van der Waals surface area contributed by atoms with Gasteiger partial charge in [-0.25, -0.2) is 0 Å². The standard InChI is InChI=1S/C15H22N2O2/c1-2-3-4-5-6-7-8-9-12-10-14(18)17-15(19)13(12)11-16/h2-10H2,1H3,(H,17,18,19). The van der Waals surface area contributed by atoms with Gasteiger partial charge in [0, 0.05) is 6.42 Å². The molecule has 0 atom stereocenters. The largest absolute Gasteiger partial charge is 0.291 e. The lowest BCUT2D eigenvalue weighted by Gasteiger charge is -2.15. The van der Waals surface area contributed by atoms with Crippen molar-refractivity contribution in [3.63, 3.8) is 0 Å². The number of carbonyl (C=O) groups is 2. The molecule has 4 nitrogen and oxygen atoms in total. The second-order valence-electron chi connectivity index (χ2n) is 5.02. The molecular formula is C15H22N2O2. The van der Waals surface area contributed by atoms with Crippen LogP contribution in [0, 0.1) is 11.3 Å². The summed E-state index contributed by atoms with van der Waals surface area (Å²) in [7, 11) is 0. The highest BCUT2D eigenvalue weighted by Gasteiger charge is 2.24. The van der Waals surface area contributed by atoms with Gasteiger partial charge in [-0.2, -0.15) is 5.26 Å². The molecule has 0 fully saturated rings. The van der Waals surface area contributed by atoms with Crippen molar-refractivity contribution in [1.82, 2.24) is 5.32 Å². The van der Waals surface area contributed by atoms with Gasteiger partial charge in [0.2, 0.25) is 5.91 Å². The SMILES string of the molecule is CCCCCCCCCC1=C(C#N)C(=O)NC(=O)C1. The first-order chi connectivity index (χ1) is 9.19. The van der Waals surface area contributed by atoms with Crippen LogP contribution in [0.15, 0.2) is 11.1 Å². The molecule has 0 radical (unpaired) electrons. The van der Waals surface area contributed by atoms with E-state index in [1.165, 1.54) is 32.1 Å². The van der Waals surface area contributed by atoms with Crippen LogP contribution in [0.4, 0.5) is 0 Å². The van der Waals surface area contributed by atoms with E-state index in [9.17, 15) is 9.59 Å². The van der Waals surface area contributed by atoms with Crippen molar-refractivity contribution in [3.05, 3.63) is 11.1 Å². The molecule has 0 spiro atoms. The van der Waals surface area contributed by atoms with Gasteiger partial charge in [0.05, 0.1) is 0 Å². The first kappa shape index (κ1) is 15.4. The molecule has 1 heterocycles. The van der Waals surface area contributed by atoms with E-state index in [1.807, 2.05) is 6.07 Å². The topological polar surface area (TPSA) is 70.0 Å². The number of unbranched alkanes of at least 4 members (excludes halogenated alkanes) is 6. The number of rotatable bonds is 8. The Hall–Kier alpha value is -1.63. The second kappa shape index (κ2) is 8.47. The van der Waals surface area contributed by atoms with Crippen LogP contribution in [-0.2, 0) is 9.59 Å². The number of hydrogen-bond acceptors (Lipinski definition) is 3. The monoisotopic (exact) mass is 262 g/mol. The molecule has 4 heteroatoms. The molecule has 0 aromatic carbocycles. The molecule has 1 N–H and O–H groups in total. The highest BCUT2D eigenvalue weighted by atomic mass is 16.2. The molecule has 1 aliphatic heterocycles. The first-order valence-electron chi connectivity index (χ1n) is 7.15. The predicted molar refractivity (Wildman–Crippen MR) is 73.0 cm³/mol. The highest BCUT2D eigenvalue weighted by Crippen LogP contribution is 2.21. The summed E-state index contributed by atoms with van der Waals surface area (Å²) in [6.07, 6.45) is 9.19. The average molecular weight is 262 g/mol. The highest BCUT2D eigenvalue weighted by molar-refractivity contribution is 6.10. The van der Waals surface area contributed by atoms with Crippen molar-refractivity contribution in [2.75, 3.05) is 0 Å². The van der Waals surface area contributed by atoms with Gasteiger partial charge in [-0.3, -0.25) is 14.9 Å². The third-order valence-corrected chi connectivity index (χ3v) is 3.40. The maximum absolute atomic E-state index is 11.4. The normalized spacial score (nSPS) is 15.4. The molecule has 0 saturated carbocycles. The average Bonchev–Trinajstić information content (AvgIpc) is 2.37. The molecule has 0 unspecified atom stereocenters. The molecule has 2 amide bonds. The van der Waals surface area contributed by atoms with Gasteiger partial charge in [0.1, 0.15) is 11.6 Å². The Morgan fingerprint density at radius 3 is 2.37 bits per heavy atom. The van der Waals surface area contributed by atoms with Crippen molar-refractivity contribution < 1.29 is 9.59 Å². The minimum Gasteiger partial charge on any atom is -0.291 e. The van der Waals surface area contributed by atoms with E-state index in [4.69, 9.17) is 5.26 Å². The van der Waals surface area contributed by atoms with E-state index in [0.717, 1.165) is 12.8 Å². The Morgan fingerprint density at radius 1 is 1.11 bits per heavy atom.